The molecule has 0 heterocycles. The molecule has 0 unspecified atom stereocenters. The summed E-state index contributed by atoms with van der Waals surface area (Å²) >= 11 is 0. The molecule has 2 heteroatoms. The van der Waals surface area contributed by atoms with Crippen molar-refractivity contribution in [2.75, 3.05) is 0 Å². The second-order valence-corrected chi connectivity index (χ2v) is 2.53. The molecule has 0 aliphatic carbocycles. The third-order valence-electron chi connectivity index (χ3n) is 1.71. The van der Waals surface area contributed by atoms with Gasteiger partial charge < -0.3 is 0 Å². The molecule has 1 aromatic rings. The number of rotatable bonds is 2. The van der Waals surface area contributed by atoms with Crippen molar-refractivity contribution < 1.29 is 8.78 Å². The summed E-state index contributed by atoms with van der Waals surface area (Å²) in [5, 5.41) is 0. The first kappa shape index (κ1) is 8.18. The minimum atomic E-state index is -0.521. The Morgan fingerprint density at radius 3 is 2.45 bits per heavy atom. The zero-order valence-electron chi connectivity index (χ0n) is 6.40. The molecule has 0 fully saturated rings. The molecule has 0 aliphatic rings. The summed E-state index contributed by atoms with van der Waals surface area (Å²) in [6, 6.07) is 4.98. The Morgan fingerprint density at radius 2 is 1.91 bits per heavy atom. The number of halogens is 2. The Labute approximate surface area is 64.9 Å². The molecular weight excluding hydrogens is 146 g/mol. The fourth-order valence-corrected chi connectivity index (χ4v) is 0.952. The third-order valence-corrected chi connectivity index (χ3v) is 1.71. The van der Waals surface area contributed by atoms with Crippen molar-refractivity contribution in [3.63, 3.8) is 0 Å². The minimum absolute atomic E-state index is 0.514. The van der Waals surface area contributed by atoms with Crippen LogP contribution < -0.4 is 0 Å². The van der Waals surface area contributed by atoms with Crippen LogP contribution in [0.4, 0.5) is 8.78 Å². The average Bonchev–Trinajstić information content (AvgIpc) is 2.05. The van der Waals surface area contributed by atoms with E-state index in [0.29, 0.717) is 11.1 Å². The smallest absolute Gasteiger partial charge is 0.115 e. The molecule has 0 nitrogen and oxygen atoms in total. The molecule has 0 aliphatic heterocycles. The average molecular weight is 156 g/mol. The number of hydrogen-bond donors (Lipinski definition) is 0. The molecule has 60 valence electrons. The summed E-state index contributed by atoms with van der Waals surface area (Å²) in [7, 11) is 0. The van der Waals surface area contributed by atoms with Crippen LogP contribution in [0, 0.1) is 6.92 Å². The van der Waals surface area contributed by atoms with E-state index in [4.69, 9.17) is 0 Å². The third kappa shape index (κ3) is 1.76. The molecule has 0 saturated carbocycles. The van der Waals surface area contributed by atoms with Gasteiger partial charge in [-0.25, -0.2) is 8.78 Å². The van der Waals surface area contributed by atoms with Gasteiger partial charge >= 0.3 is 0 Å². The van der Waals surface area contributed by atoms with Gasteiger partial charge in [0.2, 0.25) is 0 Å². The Hall–Kier alpha value is -0.920. The molecule has 0 atom stereocenters. The number of aryl methyl sites for hydroxylation is 1. The molecule has 0 bridgehead atoms. The maximum Gasteiger partial charge on any atom is 0.115 e. The zero-order chi connectivity index (χ0) is 8.27. The van der Waals surface area contributed by atoms with Crippen LogP contribution in [0.5, 0.6) is 0 Å². The van der Waals surface area contributed by atoms with Crippen LogP contribution in [0.3, 0.4) is 0 Å². The standard InChI is InChI=1S/C9H10F2/c1-7-2-3-8(5-10)4-9(7)6-11/h2-4H,5-6H2,1H3. The van der Waals surface area contributed by atoms with E-state index in [-0.39, 0.29) is 0 Å². The molecule has 0 spiro atoms. The lowest BCUT2D eigenvalue weighted by atomic mass is 10.1. The second kappa shape index (κ2) is 3.46. The maximum absolute atomic E-state index is 12.2. The van der Waals surface area contributed by atoms with Gasteiger partial charge in [0.15, 0.2) is 0 Å². The maximum atomic E-state index is 12.2. The van der Waals surface area contributed by atoms with Crippen LogP contribution in [0.1, 0.15) is 16.7 Å². The lowest BCUT2D eigenvalue weighted by molar-refractivity contribution is 0.474. The first-order chi connectivity index (χ1) is 5.27. The fraction of sp³-hybridized carbons (Fsp3) is 0.333. The van der Waals surface area contributed by atoms with Gasteiger partial charge in [0, 0.05) is 0 Å². The van der Waals surface area contributed by atoms with E-state index >= 15 is 0 Å². The summed E-state index contributed by atoms with van der Waals surface area (Å²) in [5.41, 5.74) is 2.01. The van der Waals surface area contributed by atoms with Gasteiger partial charge in [0.1, 0.15) is 13.3 Å². The van der Waals surface area contributed by atoms with Crippen LogP contribution in [-0.4, -0.2) is 0 Å². The van der Waals surface area contributed by atoms with Gasteiger partial charge in [0.05, 0.1) is 0 Å². The second-order valence-electron chi connectivity index (χ2n) is 2.53. The van der Waals surface area contributed by atoms with Crippen molar-refractivity contribution in [1.29, 1.82) is 0 Å². The SMILES string of the molecule is Cc1ccc(CF)cc1CF. The molecule has 1 rings (SSSR count). The van der Waals surface area contributed by atoms with Crippen LogP contribution >= 0.6 is 0 Å². The number of alkyl halides is 2. The predicted octanol–water partition coefficient (Wildman–Crippen LogP) is 2.93. The summed E-state index contributed by atoms with van der Waals surface area (Å²) in [5.74, 6) is 0. The van der Waals surface area contributed by atoms with Gasteiger partial charge in [-0.2, -0.15) is 0 Å². The molecular formula is C9H10F2. The van der Waals surface area contributed by atoms with Crippen LogP contribution in [0.2, 0.25) is 0 Å². The van der Waals surface area contributed by atoms with Crippen molar-refractivity contribution in [3.8, 4) is 0 Å². The first-order valence-electron chi connectivity index (χ1n) is 3.48. The number of hydrogen-bond acceptors (Lipinski definition) is 0. The molecule has 0 amide bonds. The Balaban J connectivity index is 3.02. The van der Waals surface area contributed by atoms with E-state index in [9.17, 15) is 8.78 Å². The number of benzene rings is 1. The van der Waals surface area contributed by atoms with Gasteiger partial charge in [-0.1, -0.05) is 18.2 Å². The normalized spacial score (nSPS) is 10.1. The van der Waals surface area contributed by atoms with E-state index in [1.165, 1.54) is 0 Å². The largest absolute Gasteiger partial charge is 0.246 e. The van der Waals surface area contributed by atoms with Crippen molar-refractivity contribution in [2.24, 2.45) is 0 Å². The van der Waals surface area contributed by atoms with Gasteiger partial charge in [-0.15, -0.1) is 0 Å². The zero-order valence-corrected chi connectivity index (χ0v) is 6.40. The molecule has 0 saturated heterocycles. The van der Waals surface area contributed by atoms with E-state index in [1.807, 2.05) is 6.92 Å². The highest BCUT2D eigenvalue weighted by molar-refractivity contribution is 5.30. The van der Waals surface area contributed by atoms with E-state index in [0.717, 1.165) is 5.56 Å². The monoisotopic (exact) mass is 156 g/mol. The van der Waals surface area contributed by atoms with Crippen molar-refractivity contribution in [2.45, 2.75) is 20.3 Å². The summed E-state index contributed by atoms with van der Waals surface area (Å²) in [6.07, 6.45) is 0. The van der Waals surface area contributed by atoms with Crippen LogP contribution in [0.15, 0.2) is 18.2 Å². The van der Waals surface area contributed by atoms with Gasteiger partial charge in [-0.05, 0) is 23.6 Å². The topological polar surface area (TPSA) is 0 Å². The van der Waals surface area contributed by atoms with E-state index in [2.05, 4.69) is 0 Å². The summed E-state index contributed by atoms with van der Waals surface area (Å²) in [4.78, 5) is 0. The predicted molar refractivity (Wildman–Crippen MR) is 40.8 cm³/mol. The first-order valence-corrected chi connectivity index (χ1v) is 3.48. The highest BCUT2D eigenvalue weighted by Gasteiger charge is 1.98. The van der Waals surface area contributed by atoms with Crippen molar-refractivity contribution in [1.82, 2.24) is 0 Å². The van der Waals surface area contributed by atoms with Crippen molar-refractivity contribution in [3.05, 3.63) is 34.9 Å². The van der Waals surface area contributed by atoms with Crippen LogP contribution in [-0.2, 0) is 13.3 Å². The highest BCUT2D eigenvalue weighted by atomic mass is 19.1. The molecule has 11 heavy (non-hydrogen) atoms. The van der Waals surface area contributed by atoms with Gasteiger partial charge in [0.25, 0.3) is 0 Å². The lowest BCUT2D eigenvalue weighted by Crippen LogP contribution is -1.87. The fourth-order valence-electron chi connectivity index (χ4n) is 0.952. The minimum Gasteiger partial charge on any atom is -0.246 e. The molecule has 1 aromatic carbocycles. The molecule has 0 N–H and O–H groups in total. The van der Waals surface area contributed by atoms with Crippen LogP contribution in [0.25, 0.3) is 0 Å². The Morgan fingerprint density at radius 1 is 1.18 bits per heavy atom. The Kier molecular flexibility index (Phi) is 2.58. The highest BCUT2D eigenvalue weighted by Crippen LogP contribution is 2.12. The van der Waals surface area contributed by atoms with E-state index in [1.54, 1.807) is 18.2 Å². The lowest BCUT2D eigenvalue weighted by Gasteiger charge is -2.01. The molecule has 0 aromatic heterocycles. The summed E-state index contributed by atoms with van der Waals surface area (Å²) < 4.78 is 24.2. The molecule has 0 radical (unpaired) electrons. The summed E-state index contributed by atoms with van der Waals surface area (Å²) in [6.45, 7) is 0.782. The van der Waals surface area contributed by atoms with Crippen molar-refractivity contribution >= 4 is 0 Å². The van der Waals surface area contributed by atoms with Gasteiger partial charge in [-0.3, -0.25) is 0 Å². The quantitative estimate of drug-likeness (QED) is 0.617. The Bertz CT molecular complexity index is 243. The van der Waals surface area contributed by atoms with E-state index < -0.39 is 13.3 Å².